The summed E-state index contributed by atoms with van der Waals surface area (Å²) in [7, 11) is 0. The van der Waals surface area contributed by atoms with E-state index >= 15 is 0 Å². The largest absolute Gasteiger partial charge is 0.351 e. The van der Waals surface area contributed by atoms with Gasteiger partial charge in [-0.3, -0.25) is 4.79 Å². The Kier molecular flexibility index (Phi) is 2.72. The highest BCUT2D eigenvalue weighted by atomic mass is 16.1. The second-order valence-electron chi connectivity index (χ2n) is 3.55. The number of nitriles is 1. The predicted molar refractivity (Wildman–Crippen MR) is 49.7 cm³/mol. The highest BCUT2D eigenvalue weighted by Crippen LogP contribution is 2.43. The van der Waals surface area contributed by atoms with Crippen LogP contribution in [-0.2, 0) is 4.79 Å². The highest BCUT2D eigenvalue weighted by molar-refractivity contribution is 5.92. The van der Waals surface area contributed by atoms with Crippen molar-refractivity contribution < 1.29 is 4.79 Å². The molecule has 3 nitrogen and oxygen atoms in total. The average Bonchev–Trinajstić information content (AvgIpc) is 2.93. The average molecular weight is 178 g/mol. The first kappa shape index (κ1) is 9.79. The summed E-state index contributed by atoms with van der Waals surface area (Å²) in [5.41, 5.74) is 0.456. The van der Waals surface area contributed by atoms with Crippen molar-refractivity contribution in [3.63, 3.8) is 0 Å². The Bertz CT molecular complexity index is 282. The van der Waals surface area contributed by atoms with Crippen LogP contribution in [0.15, 0.2) is 11.6 Å². The normalized spacial score (nSPS) is 19.0. The first-order valence-corrected chi connectivity index (χ1v) is 4.46. The van der Waals surface area contributed by atoms with E-state index in [1.165, 1.54) is 0 Å². The van der Waals surface area contributed by atoms with Crippen molar-refractivity contribution in [3.05, 3.63) is 11.6 Å². The van der Waals surface area contributed by atoms with Gasteiger partial charge in [0.1, 0.15) is 0 Å². The third kappa shape index (κ3) is 2.32. The summed E-state index contributed by atoms with van der Waals surface area (Å²) in [5, 5.41) is 11.5. The summed E-state index contributed by atoms with van der Waals surface area (Å²) in [5.74, 6) is -0.0657. The van der Waals surface area contributed by atoms with Crippen LogP contribution < -0.4 is 5.32 Å². The van der Waals surface area contributed by atoms with Crippen LogP contribution in [0.25, 0.3) is 0 Å². The van der Waals surface area contributed by atoms with Crippen LogP contribution in [0.4, 0.5) is 0 Å². The Morgan fingerprint density at radius 2 is 2.31 bits per heavy atom. The van der Waals surface area contributed by atoms with Gasteiger partial charge in [0.2, 0.25) is 5.91 Å². The maximum Gasteiger partial charge on any atom is 0.246 e. The van der Waals surface area contributed by atoms with E-state index in [-0.39, 0.29) is 11.3 Å². The molecule has 0 aromatic heterocycles. The van der Waals surface area contributed by atoms with E-state index in [2.05, 4.69) is 11.4 Å². The lowest BCUT2D eigenvalue weighted by molar-refractivity contribution is -0.117. The van der Waals surface area contributed by atoms with Gasteiger partial charge in [-0.05, 0) is 26.7 Å². The molecule has 1 saturated carbocycles. The van der Waals surface area contributed by atoms with Gasteiger partial charge >= 0.3 is 0 Å². The molecule has 0 atom stereocenters. The monoisotopic (exact) mass is 178 g/mol. The fraction of sp³-hybridized carbons (Fsp3) is 0.600. The van der Waals surface area contributed by atoms with Gasteiger partial charge in [0.15, 0.2) is 0 Å². The molecule has 0 heterocycles. The SMILES string of the molecule is C/C=C(/C)C(=O)NCC1(C#N)CC1. The molecule has 0 unspecified atom stereocenters. The second kappa shape index (κ2) is 3.61. The summed E-state index contributed by atoms with van der Waals surface area (Å²) in [6.07, 6.45) is 3.60. The molecule has 1 fully saturated rings. The molecule has 0 radical (unpaired) electrons. The Hall–Kier alpha value is -1.30. The van der Waals surface area contributed by atoms with Gasteiger partial charge < -0.3 is 5.32 Å². The third-order valence-electron chi connectivity index (χ3n) is 2.47. The minimum atomic E-state index is -0.246. The molecule has 0 aliphatic heterocycles. The molecular weight excluding hydrogens is 164 g/mol. The third-order valence-corrected chi connectivity index (χ3v) is 2.47. The summed E-state index contributed by atoms with van der Waals surface area (Å²) in [6.45, 7) is 4.08. The molecule has 3 heteroatoms. The zero-order chi connectivity index (χ0) is 9.90. The number of hydrogen-bond acceptors (Lipinski definition) is 2. The minimum absolute atomic E-state index is 0.0657. The smallest absolute Gasteiger partial charge is 0.246 e. The second-order valence-corrected chi connectivity index (χ2v) is 3.55. The summed E-state index contributed by atoms with van der Waals surface area (Å²) in [6, 6.07) is 2.23. The number of nitrogens with zero attached hydrogens (tertiary/aromatic N) is 1. The van der Waals surface area contributed by atoms with Gasteiger partial charge in [-0.15, -0.1) is 0 Å². The summed E-state index contributed by atoms with van der Waals surface area (Å²) in [4.78, 5) is 11.3. The standard InChI is InChI=1S/C10H14N2O/c1-3-8(2)9(13)12-7-10(6-11)4-5-10/h3H,4-5,7H2,1-2H3,(H,12,13)/b8-3-. The van der Waals surface area contributed by atoms with Crippen LogP contribution in [0.5, 0.6) is 0 Å². The fourth-order valence-corrected chi connectivity index (χ4v) is 0.999. The van der Waals surface area contributed by atoms with Gasteiger partial charge in [-0.25, -0.2) is 0 Å². The first-order chi connectivity index (χ1) is 6.13. The number of carbonyl (C=O) groups is 1. The maximum absolute atomic E-state index is 11.3. The lowest BCUT2D eigenvalue weighted by atomic mass is 10.1. The molecule has 13 heavy (non-hydrogen) atoms. The first-order valence-electron chi connectivity index (χ1n) is 4.46. The van der Waals surface area contributed by atoms with Crippen molar-refractivity contribution >= 4 is 5.91 Å². The van der Waals surface area contributed by atoms with E-state index in [1.807, 2.05) is 6.92 Å². The zero-order valence-electron chi connectivity index (χ0n) is 8.05. The van der Waals surface area contributed by atoms with Gasteiger partial charge in [0.25, 0.3) is 0 Å². The van der Waals surface area contributed by atoms with E-state index < -0.39 is 0 Å². The van der Waals surface area contributed by atoms with E-state index in [1.54, 1.807) is 13.0 Å². The lowest BCUT2D eigenvalue weighted by Crippen LogP contribution is -2.30. The van der Waals surface area contributed by atoms with Crippen LogP contribution in [0.2, 0.25) is 0 Å². The molecule has 0 aromatic carbocycles. The Morgan fingerprint density at radius 3 is 2.69 bits per heavy atom. The van der Waals surface area contributed by atoms with Crippen LogP contribution in [0.3, 0.4) is 0 Å². The number of hydrogen-bond donors (Lipinski definition) is 1. The van der Waals surface area contributed by atoms with E-state index in [4.69, 9.17) is 5.26 Å². The molecule has 0 bridgehead atoms. The zero-order valence-corrected chi connectivity index (χ0v) is 8.05. The van der Waals surface area contributed by atoms with Crippen molar-refractivity contribution in [1.29, 1.82) is 5.26 Å². The minimum Gasteiger partial charge on any atom is -0.351 e. The highest BCUT2D eigenvalue weighted by Gasteiger charge is 2.43. The van der Waals surface area contributed by atoms with Crippen LogP contribution in [-0.4, -0.2) is 12.5 Å². The topological polar surface area (TPSA) is 52.9 Å². The van der Waals surface area contributed by atoms with E-state index in [0.29, 0.717) is 12.1 Å². The lowest BCUT2D eigenvalue weighted by Gasteiger charge is -2.07. The van der Waals surface area contributed by atoms with Gasteiger partial charge in [-0.1, -0.05) is 6.08 Å². The summed E-state index contributed by atoms with van der Waals surface area (Å²) >= 11 is 0. The van der Waals surface area contributed by atoms with Crippen molar-refractivity contribution in [2.45, 2.75) is 26.7 Å². The number of rotatable bonds is 3. The Morgan fingerprint density at radius 1 is 1.69 bits per heavy atom. The quantitative estimate of drug-likeness (QED) is 0.663. The fourth-order valence-electron chi connectivity index (χ4n) is 0.999. The van der Waals surface area contributed by atoms with Gasteiger partial charge in [-0.2, -0.15) is 5.26 Å². The Balaban J connectivity index is 2.36. The predicted octanol–water partition coefficient (Wildman–Crippen LogP) is 1.37. The molecule has 1 aliphatic carbocycles. The molecule has 0 spiro atoms. The molecule has 1 amide bonds. The molecule has 70 valence electrons. The van der Waals surface area contributed by atoms with Crippen LogP contribution >= 0.6 is 0 Å². The van der Waals surface area contributed by atoms with Gasteiger partial charge in [0.05, 0.1) is 11.5 Å². The molecule has 1 rings (SSSR count). The van der Waals surface area contributed by atoms with E-state index in [0.717, 1.165) is 12.8 Å². The number of amides is 1. The number of allylic oxidation sites excluding steroid dienone is 1. The number of carbonyl (C=O) groups excluding carboxylic acids is 1. The van der Waals surface area contributed by atoms with Crippen LogP contribution in [0.1, 0.15) is 26.7 Å². The van der Waals surface area contributed by atoms with Crippen LogP contribution in [0, 0.1) is 16.7 Å². The van der Waals surface area contributed by atoms with Gasteiger partial charge in [0, 0.05) is 12.1 Å². The molecular formula is C10H14N2O. The maximum atomic E-state index is 11.3. The van der Waals surface area contributed by atoms with Crippen molar-refractivity contribution in [3.8, 4) is 6.07 Å². The van der Waals surface area contributed by atoms with Crippen molar-refractivity contribution in [1.82, 2.24) is 5.32 Å². The molecule has 0 saturated heterocycles. The van der Waals surface area contributed by atoms with Crippen molar-refractivity contribution in [2.24, 2.45) is 5.41 Å². The summed E-state index contributed by atoms with van der Waals surface area (Å²) < 4.78 is 0. The molecule has 0 aromatic rings. The molecule has 1 aliphatic rings. The molecule has 1 N–H and O–H groups in total. The Labute approximate surface area is 78.4 Å². The van der Waals surface area contributed by atoms with E-state index in [9.17, 15) is 4.79 Å². The van der Waals surface area contributed by atoms with Crippen molar-refractivity contribution in [2.75, 3.05) is 6.54 Å². The number of nitrogens with one attached hydrogen (secondary N) is 1.